The average Bonchev–Trinajstić information content (AvgIpc) is 3.52. The molecular weight excluding hydrogens is 617 g/mol. The smallest absolute Gasteiger partial charge is 0.224 e. The van der Waals surface area contributed by atoms with Gasteiger partial charge in [0.25, 0.3) is 0 Å². The van der Waals surface area contributed by atoms with Gasteiger partial charge in [0.15, 0.2) is 0 Å². The first-order valence-corrected chi connectivity index (χ1v) is 21.3. The summed E-state index contributed by atoms with van der Waals surface area (Å²) in [5.41, 5.74) is 0. The number of hydrogen-bond donors (Lipinski definition) is 0. The Morgan fingerprint density at radius 2 is 0.900 bits per heavy atom. The number of likely N-dealkylation sites (tertiary alicyclic amines) is 1. The second kappa shape index (κ2) is 35.7. The molecule has 2 atom stereocenters. The van der Waals surface area contributed by atoms with Gasteiger partial charge in [0.1, 0.15) is 12.2 Å². The fraction of sp³-hybridized carbons (Fsp3) is 0.800. The quantitative estimate of drug-likeness (QED) is 0.0488. The molecule has 0 unspecified atom stereocenters. The highest BCUT2D eigenvalue weighted by atomic mass is 16.5. The molecule has 0 radical (unpaired) electrons. The number of allylic oxidation sites excluding steroid dienone is 8. The highest BCUT2D eigenvalue weighted by molar-refractivity contribution is 5.76. The standard InChI is InChI=1S/C45H82N2O3/c1-5-7-9-11-13-15-17-19-21-23-25-27-29-31-33-35-39-49-43-41-47(45(48)37-38-46(3)4)42-44(43)50-40-36-34-32-30-28-26-24-22-20-18-16-14-12-10-8-6-2/h13-16,19-22,43-44H,5-12,17-18,23-42H2,1-4H3/t43-,44-/m1/s1. The van der Waals surface area contributed by atoms with Crippen molar-refractivity contribution in [2.45, 2.75) is 187 Å². The van der Waals surface area contributed by atoms with Crippen LogP contribution in [0.4, 0.5) is 0 Å². The van der Waals surface area contributed by atoms with E-state index in [0.717, 1.165) is 45.4 Å². The van der Waals surface area contributed by atoms with Gasteiger partial charge in [-0.05, 0) is 91.1 Å². The number of amides is 1. The van der Waals surface area contributed by atoms with E-state index in [-0.39, 0.29) is 18.1 Å². The molecule has 0 spiro atoms. The van der Waals surface area contributed by atoms with Crippen LogP contribution < -0.4 is 0 Å². The molecular formula is C45H82N2O3. The van der Waals surface area contributed by atoms with Crippen molar-refractivity contribution in [3.63, 3.8) is 0 Å². The minimum absolute atomic E-state index is 0.000817. The Balaban J connectivity index is 2.17. The highest BCUT2D eigenvalue weighted by Gasteiger charge is 2.36. The third-order valence-electron chi connectivity index (χ3n) is 9.69. The molecule has 1 amide bonds. The van der Waals surface area contributed by atoms with E-state index in [0.29, 0.717) is 19.5 Å². The minimum Gasteiger partial charge on any atom is -0.374 e. The molecule has 5 nitrogen and oxygen atoms in total. The summed E-state index contributed by atoms with van der Waals surface area (Å²) >= 11 is 0. The van der Waals surface area contributed by atoms with E-state index >= 15 is 0 Å². The first kappa shape index (κ1) is 46.3. The summed E-state index contributed by atoms with van der Waals surface area (Å²) < 4.78 is 12.7. The van der Waals surface area contributed by atoms with Crippen molar-refractivity contribution in [1.29, 1.82) is 0 Å². The van der Waals surface area contributed by atoms with Crippen molar-refractivity contribution in [3.8, 4) is 0 Å². The third-order valence-corrected chi connectivity index (χ3v) is 9.69. The highest BCUT2D eigenvalue weighted by Crippen LogP contribution is 2.20. The Hall–Kier alpha value is -1.69. The molecule has 1 aliphatic rings. The van der Waals surface area contributed by atoms with Crippen LogP contribution in [0.2, 0.25) is 0 Å². The number of unbranched alkanes of at least 4 members (excludes halogenated alkanes) is 18. The molecule has 0 aromatic rings. The van der Waals surface area contributed by atoms with Gasteiger partial charge in [-0.25, -0.2) is 0 Å². The first-order chi connectivity index (χ1) is 24.6. The van der Waals surface area contributed by atoms with Crippen LogP contribution in [-0.4, -0.2) is 74.9 Å². The predicted molar refractivity (Wildman–Crippen MR) is 218 cm³/mol. The van der Waals surface area contributed by atoms with Gasteiger partial charge in [-0.2, -0.15) is 0 Å². The van der Waals surface area contributed by atoms with Crippen LogP contribution in [0.15, 0.2) is 48.6 Å². The van der Waals surface area contributed by atoms with Crippen molar-refractivity contribution in [2.75, 3.05) is 46.9 Å². The molecule has 290 valence electrons. The summed E-state index contributed by atoms with van der Waals surface area (Å²) in [4.78, 5) is 16.9. The molecule has 0 aromatic carbocycles. The van der Waals surface area contributed by atoms with Crippen molar-refractivity contribution in [1.82, 2.24) is 9.80 Å². The monoisotopic (exact) mass is 699 g/mol. The molecule has 50 heavy (non-hydrogen) atoms. The normalized spacial score (nSPS) is 16.9. The van der Waals surface area contributed by atoms with Crippen LogP contribution >= 0.6 is 0 Å². The number of ether oxygens (including phenoxy) is 2. The van der Waals surface area contributed by atoms with E-state index in [1.54, 1.807) is 0 Å². The Morgan fingerprint density at radius 3 is 1.28 bits per heavy atom. The second-order valence-electron chi connectivity index (χ2n) is 14.8. The lowest BCUT2D eigenvalue weighted by atomic mass is 10.1. The van der Waals surface area contributed by atoms with Gasteiger partial charge in [-0.15, -0.1) is 0 Å². The molecule has 1 heterocycles. The Morgan fingerprint density at radius 1 is 0.540 bits per heavy atom. The van der Waals surface area contributed by atoms with Crippen LogP contribution in [0.25, 0.3) is 0 Å². The molecule has 1 aliphatic heterocycles. The van der Waals surface area contributed by atoms with E-state index in [1.807, 2.05) is 19.0 Å². The number of nitrogens with zero attached hydrogens (tertiary/aromatic N) is 2. The van der Waals surface area contributed by atoms with Gasteiger partial charge in [0.05, 0.1) is 0 Å². The van der Waals surface area contributed by atoms with Gasteiger partial charge < -0.3 is 19.3 Å². The summed E-state index contributed by atoms with van der Waals surface area (Å²) in [5.74, 6) is 0.223. The SMILES string of the molecule is CCCCCC=CCC=CCCCCCCCCO[C@@H]1CN(C(=O)CCN(C)C)C[C@H]1OCCCCCCCCC=CCC=CCCCCC. The minimum atomic E-state index is 0.000817. The lowest BCUT2D eigenvalue weighted by molar-refractivity contribution is -0.131. The lowest BCUT2D eigenvalue weighted by Crippen LogP contribution is -2.32. The second-order valence-corrected chi connectivity index (χ2v) is 14.8. The largest absolute Gasteiger partial charge is 0.374 e. The number of hydrogen-bond acceptors (Lipinski definition) is 4. The maximum Gasteiger partial charge on any atom is 0.224 e. The summed E-state index contributed by atoms with van der Waals surface area (Å²) in [6.07, 6.45) is 49.2. The maximum atomic E-state index is 12.9. The fourth-order valence-corrected chi connectivity index (χ4v) is 6.40. The summed E-state index contributed by atoms with van der Waals surface area (Å²) in [6, 6.07) is 0. The van der Waals surface area contributed by atoms with Gasteiger partial charge in [-0.1, -0.05) is 140 Å². The molecule has 0 bridgehead atoms. The molecule has 0 saturated carbocycles. The number of rotatable bonds is 35. The number of carbonyl (C=O) groups excluding carboxylic acids is 1. The van der Waals surface area contributed by atoms with E-state index < -0.39 is 0 Å². The van der Waals surface area contributed by atoms with Crippen LogP contribution in [0.3, 0.4) is 0 Å². The van der Waals surface area contributed by atoms with E-state index in [2.05, 4.69) is 67.4 Å². The van der Waals surface area contributed by atoms with Crippen LogP contribution in [0, 0.1) is 0 Å². The Kier molecular flexibility index (Phi) is 33.1. The molecule has 1 fully saturated rings. The maximum absolute atomic E-state index is 12.9. The summed E-state index contributed by atoms with van der Waals surface area (Å²) in [7, 11) is 4.05. The molecule has 0 aliphatic carbocycles. The van der Waals surface area contributed by atoms with E-state index in [1.165, 1.54) is 128 Å². The zero-order valence-corrected chi connectivity index (χ0v) is 33.6. The fourth-order valence-electron chi connectivity index (χ4n) is 6.40. The van der Waals surface area contributed by atoms with Gasteiger partial charge in [0.2, 0.25) is 5.91 Å². The molecule has 5 heteroatoms. The van der Waals surface area contributed by atoms with Gasteiger partial charge >= 0.3 is 0 Å². The summed E-state index contributed by atoms with van der Waals surface area (Å²) in [5, 5.41) is 0. The Bertz CT molecular complexity index is 806. The van der Waals surface area contributed by atoms with Crippen LogP contribution in [0.1, 0.15) is 174 Å². The van der Waals surface area contributed by atoms with E-state index in [9.17, 15) is 4.79 Å². The molecule has 0 N–H and O–H groups in total. The zero-order valence-electron chi connectivity index (χ0n) is 33.6. The average molecular weight is 699 g/mol. The molecule has 1 saturated heterocycles. The van der Waals surface area contributed by atoms with Gasteiger partial charge in [0, 0.05) is 39.3 Å². The van der Waals surface area contributed by atoms with Gasteiger partial charge in [-0.3, -0.25) is 4.79 Å². The van der Waals surface area contributed by atoms with Crippen LogP contribution in [0.5, 0.6) is 0 Å². The van der Waals surface area contributed by atoms with Crippen LogP contribution in [-0.2, 0) is 14.3 Å². The zero-order chi connectivity index (χ0) is 36.2. The first-order valence-electron chi connectivity index (χ1n) is 21.3. The summed E-state index contributed by atoms with van der Waals surface area (Å²) in [6.45, 7) is 8.18. The van der Waals surface area contributed by atoms with Crippen molar-refractivity contribution in [3.05, 3.63) is 48.6 Å². The molecule has 0 aromatic heterocycles. The van der Waals surface area contributed by atoms with Crippen molar-refractivity contribution >= 4 is 5.91 Å². The molecule has 1 rings (SSSR count). The van der Waals surface area contributed by atoms with E-state index in [4.69, 9.17) is 9.47 Å². The topological polar surface area (TPSA) is 42.0 Å². The predicted octanol–water partition coefficient (Wildman–Crippen LogP) is 12.2. The Labute approximate surface area is 311 Å². The lowest BCUT2D eigenvalue weighted by Gasteiger charge is -2.19. The third kappa shape index (κ3) is 28.9. The number of carbonyl (C=O) groups is 1. The van der Waals surface area contributed by atoms with Crippen molar-refractivity contribution in [2.24, 2.45) is 0 Å². The van der Waals surface area contributed by atoms with Crippen molar-refractivity contribution < 1.29 is 14.3 Å².